The smallest absolute Gasteiger partial charge is 0.336 e. The quantitative estimate of drug-likeness (QED) is 0.467. The molecule has 0 amide bonds. The Hall–Kier alpha value is -3.09. The van der Waals surface area contributed by atoms with E-state index in [1.165, 1.54) is 7.11 Å². The van der Waals surface area contributed by atoms with Crippen molar-refractivity contribution in [2.24, 2.45) is 11.8 Å². The van der Waals surface area contributed by atoms with Crippen LogP contribution < -0.4 is 10.1 Å². The van der Waals surface area contributed by atoms with E-state index in [-0.39, 0.29) is 18.3 Å². The summed E-state index contributed by atoms with van der Waals surface area (Å²) in [7, 11) is 1.29. The topological polar surface area (TPSA) is 90.9 Å². The maximum absolute atomic E-state index is 13.7. The molecular weight excluding hydrogens is 422 g/mol. The van der Waals surface area contributed by atoms with Gasteiger partial charge in [-0.1, -0.05) is 32.9 Å². The second kappa shape index (κ2) is 10.7. The predicted molar refractivity (Wildman–Crippen MR) is 123 cm³/mol. The molecule has 1 aromatic rings. The van der Waals surface area contributed by atoms with Crippen molar-refractivity contribution in [2.45, 2.75) is 52.9 Å². The molecule has 1 aliphatic carbocycles. The summed E-state index contributed by atoms with van der Waals surface area (Å²) in [6, 6.07) is 7.41. The standard InChI is InChI=1S/C26H33NO6/c1-6-12-32-18-10-8-17(9-11-18)22-21(26(30)33-13-7-2)16(4)27-19-14-15(3)20(25(29)31-5)24(28)23(19)22/h8-11,15,20,22,27H,6-7,12-14H2,1-5H3/t15-,20-,22-/m0/s1. The molecule has 2 aliphatic rings. The van der Waals surface area contributed by atoms with Gasteiger partial charge in [-0.05, 0) is 49.8 Å². The van der Waals surface area contributed by atoms with Crippen LogP contribution in [0, 0.1) is 11.8 Å². The minimum Gasteiger partial charge on any atom is -0.494 e. The Kier molecular flexibility index (Phi) is 7.95. The van der Waals surface area contributed by atoms with Gasteiger partial charge >= 0.3 is 11.9 Å². The lowest BCUT2D eigenvalue weighted by Gasteiger charge is -2.38. The van der Waals surface area contributed by atoms with Crippen LogP contribution in [0.3, 0.4) is 0 Å². The van der Waals surface area contributed by atoms with Gasteiger partial charge in [0.05, 0.1) is 25.9 Å². The number of esters is 2. The van der Waals surface area contributed by atoms with Crippen LogP contribution >= 0.6 is 0 Å². The number of hydrogen-bond acceptors (Lipinski definition) is 7. The highest BCUT2D eigenvalue weighted by Crippen LogP contribution is 2.45. The third-order valence-corrected chi connectivity index (χ3v) is 6.09. The van der Waals surface area contributed by atoms with Crippen LogP contribution in [-0.2, 0) is 23.9 Å². The lowest BCUT2D eigenvalue weighted by Crippen LogP contribution is -2.43. The van der Waals surface area contributed by atoms with Crippen LogP contribution in [0.15, 0.2) is 46.8 Å². The summed E-state index contributed by atoms with van der Waals surface area (Å²) >= 11 is 0. The summed E-state index contributed by atoms with van der Waals surface area (Å²) in [5, 5.41) is 3.26. The van der Waals surface area contributed by atoms with Crippen molar-refractivity contribution in [3.63, 3.8) is 0 Å². The molecule has 0 saturated heterocycles. The number of allylic oxidation sites excluding steroid dienone is 3. The maximum Gasteiger partial charge on any atom is 0.336 e. The van der Waals surface area contributed by atoms with Crippen LogP contribution in [0.1, 0.15) is 58.4 Å². The zero-order valence-electron chi connectivity index (χ0n) is 20.0. The first kappa shape index (κ1) is 24.6. The first-order valence-corrected chi connectivity index (χ1v) is 11.6. The number of rotatable bonds is 8. The fraction of sp³-hybridized carbons (Fsp3) is 0.500. The second-order valence-electron chi connectivity index (χ2n) is 8.59. The molecule has 0 aromatic heterocycles. The molecule has 1 aromatic carbocycles. The number of carbonyl (C=O) groups is 3. The molecule has 0 unspecified atom stereocenters. The molecule has 7 heteroatoms. The van der Waals surface area contributed by atoms with Gasteiger partial charge in [0.15, 0.2) is 5.78 Å². The molecule has 0 radical (unpaired) electrons. The molecule has 0 spiro atoms. The Balaban J connectivity index is 2.10. The monoisotopic (exact) mass is 455 g/mol. The highest BCUT2D eigenvalue weighted by Gasteiger charge is 2.47. The SMILES string of the molecule is CCCOC(=O)C1=C(C)NC2=C(C(=O)[C@@H](C(=O)OC)[C@@H](C)C2)[C@H]1c1ccc(OCCC)cc1. The summed E-state index contributed by atoms with van der Waals surface area (Å²) in [5.74, 6) is -2.38. The van der Waals surface area contributed by atoms with Crippen molar-refractivity contribution >= 4 is 17.7 Å². The van der Waals surface area contributed by atoms with E-state index in [2.05, 4.69) is 5.32 Å². The number of dihydropyridines is 1. The summed E-state index contributed by atoms with van der Waals surface area (Å²) in [5.41, 5.74) is 2.98. The predicted octanol–water partition coefficient (Wildman–Crippen LogP) is 4.04. The number of benzene rings is 1. The summed E-state index contributed by atoms with van der Waals surface area (Å²) in [6.07, 6.45) is 2.08. The number of hydrogen-bond donors (Lipinski definition) is 1. The van der Waals surface area contributed by atoms with Gasteiger partial charge in [0.1, 0.15) is 11.7 Å². The van der Waals surface area contributed by atoms with Crippen molar-refractivity contribution in [1.29, 1.82) is 0 Å². The number of methoxy groups -OCH3 is 1. The number of Topliss-reactive ketones (excluding diaryl/α,β-unsaturated/α-hetero) is 1. The lowest BCUT2D eigenvalue weighted by molar-refractivity contribution is -0.151. The highest BCUT2D eigenvalue weighted by atomic mass is 16.5. The third kappa shape index (κ3) is 4.97. The van der Waals surface area contributed by atoms with E-state index in [4.69, 9.17) is 14.2 Å². The van der Waals surface area contributed by atoms with Crippen molar-refractivity contribution in [3.8, 4) is 5.75 Å². The maximum atomic E-state index is 13.7. The van der Waals surface area contributed by atoms with Crippen LogP contribution in [0.25, 0.3) is 0 Å². The summed E-state index contributed by atoms with van der Waals surface area (Å²) in [6.45, 7) is 8.53. The molecule has 33 heavy (non-hydrogen) atoms. The van der Waals surface area contributed by atoms with Gasteiger partial charge < -0.3 is 19.5 Å². The summed E-state index contributed by atoms with van der Waals surface area (Å²) < 4.78 is 16.1. The minimum absolute atomic E-state index is 0.219. The fourth-order valence-electron chi connectivity index (χ4n) is 4.53. The van der Waals surface area contributed by atoms with E-state index in [1.807, 2.05) is 52.0 Å². The average molecular weight is 456 g/mol. The zero-order chi connectivity index (χ0) is 24.1. The van der Waals surface area contributed by atoms with E-state index >= 15 is 0 Å². The number of ether oxygens (including phenoxy) is 3. The van der Waals surface area contributed by atoms with Gasteiger partial charge in [-0.3, -0.25) is 9.59 Å². The Morgan fingerprint density at radius 2 is 1.76 bits per heavy atom. The number of nitrogens with one attached hydrogen (secondary N) is 1. The Bertz CT molecular complexity index is 975. The van der Waals surface area contributed by atoms with E-state index in [1.54, 1.807) is 0 Å². The number of carbonyl (C=O) groups excluding carboxylic acids is 3. The molecule has 1 N–H and O–H groups in total. The lowest BCUT2D eigenvalue weighted by atomic mass is 9.69. The van der Waals surface area contributed by atoms with E-state index < -0.39 is 23.8 Å². The Labute approximate surface area is 195 Å². The molecule has 1 heterocycles. The minimum atomic E-state index is -0.906. The van der Waals surface area contributed by atoms with Crippen molar-refractivity contribution in [2.75, 3.05) is 20.3 Å². The highest BCUT2D eigenvalue weighted by molar-refractivity contribution is 6.12. The molecule has 178 valence electrons. The Morgan fingerprint density at radius 1 is 1.09 bits per heavy atom. The van der Waals surface area contributed by atoms with Crippen molar-refractivity contribution in [3.05, 3.63) is 52.4 Å². The van der Waals surface area contributed by atoms with Crippen LogP contribution in [0.5, 0.6) is 5.75 Å². The molecule has 0 saturated carbocycles. The largest absolute Gasteiger partial charge is 0.494 e. The number of ketones is 1. The van der Waals surface area contributed by atoms with E-state index in [0.717, 1.165) is 23.4 Å². The zero-order valence-corrected chi connectivity index (χ0v) is 20.0. The second-order valence-corrected chi connectivity index (χ2v) is 8.59. The van der Waals surface area contributed by atoms with E-state index in [0.29, 0.717) is 36.3 Å². The third-order valence-electron chi connectivity index (χ3n) is 6.09. The molecule has 0 fully saturated rings. The van der Waals surface area contributed by atoms with Gasteiger partial charge in [0, 0.05) is 22.9 Å². The van der Waals surface area contributed by atoms with Crippen LogP contribution in [0.2, 0.25) is 0 Å². The van der Waals surface area contributed by atoms with Gasteiger partial charge in [0.2, 0.25) is 0 Å². The normalized spacial score (nSPS) is 22.5. The van der Waals surface area contributed by atoms with Gasteiger partial charge in [-0.25, -0.2) is 4.79 Å². The van der Waals surface area contributed by atoms with E-state index in [9.17, 15) is 14.4 Å². The van der Waals surface area contributed by atoms with Crippen molar-refractivity contribution in [1.82, 2.24) is 5.32 Å². The van der Waals surface area contributed by atoms with Crippen LogP contribution in [0.4, 0.5) is 0 Å². The Morgan fingerprint density at radius 3 is 2.36 bits per heavy atom. The van der Waals surface area contributed by atoms with Gasteiger partial charge in [-0.15, -0.1) is 0 Å². The molecule has 1 aliphatic heterocycles. The first-order chi connectivity index (χ1) is 15.8. The molecular formula is C26H33NO6. The van der Waals surface area contributed by atoms with Gasteiger partial charge in [0.25, 0.3) is 0 Å². The molecule has 3 rings (SSSR count). The average Bonchev–Trinajstić information content (AvgIpc) is 2.80. The van der Waals surface area contributed by atoms with Crippen molar-refractivity contribution < 1.29 is 28.6 Å². The summed E-state index contributed by atoms with van der Waals surface area (Å²) in [4.78, 5) is 39.2. The first-order valence-electron chi connectivity index (χ1n) is 11.6. The molecule has 7 nitrogen and oxygen atoms in total. The molecule has 0 bridgehead atoms. The fourth-order valence-corrected chi connectivity index (χ4v) is 4.53. The van der Waals surface area contributed by atoms with Gasteiger partial charge in [-0.2, -0.15) is 0 Å². The van der Waals surface area contributed by atoms with Crippen LogP contribution in [-0.4, -0.2) is 38.0 Å². The molecule has 3 atom stereocenters.